The fourth-order valence-electron chi connectivity index (χ4n) is 3.71. The lowest BCUT2D eigenvalue weighted by Crippen LogP contribution is -2.42. The van der Waals surface area contributed by atoms with Gasteiger partial charge in [0, 0.05) is 42.9 Å². The van der Waals surface area contributed by atoms with Gasteiger partial charge in [-0.3, -0.25) is 14.6 Å². The molecular weight excluding hydrogens is 330 g/mol. The first-order valence-electron chi connectivity index (χ1n) is 8.90. The summed E-state index contributed by atoms with van der Waals surface area (Å²) in [5, 5.41) is 6.65. The molecule has 3 unspecified atom stereocenters. The van der Waals surface area contributed by atoms with Crippen LogP contribution in [0.25, 0.3) is 0 Å². The lowest BCUT2D eigenvalue weighted by molar-refractivity contribution is 0.0930. The third-order valence-electron chi connectivity index (χ3n) is 5.06. The molecule has 0 aliphatic carbocycles. The molecule has 1 aromatic heterocycles. The van der Waals surface area contributed by atoms with Gasteiger partial charge in [-0.05, 0) is 49.6 Å². The Kier molecular flexibility index (Phi) is 4.42. The number of Topliss-reactive ketones (excluding diaryl/α,β-unsaturated/α-hetero) is 1. The van der Waals surface area contributed by atoms with Gasteiger partial charge in [0.1, 0.15) is 17.2 Å². The SMILES string of the molecule is CC(=O)c1cc(Oc2ccc(C(=O)NC3CC4CCC3N4)cc2)ccn1. The van der Waals surface area contributed by atoms with Gasteiger partial charge < -0.3 is 15.4 Å². The highest BCUT2D eigenvalue weighted by Gasteiger charge is 2.39. The molecule has 0 spiro atoms. The van der Waals surface area contributed by atoms with Crippen LogP contribution in [0.2, 0.25) is 0 Å². The molecule has 2 aromatic rings. The first-order valence-corrected chi connectivity index (χ1v) is 8.90. The Balaban J connectivity index is 1.39. The van der Waals surface area contributed by atoms with E-state index in [1.54, 1.807) is 36.4 Å². The zero-order valence-corrected chi connectivity index (χ0v) is 14.6. The molecule has 2 bridgehead atoms. The molecule has 2 fully saturated rings. The summed E-state index contributed by atoms with van der Waals surface area (Å²) in [6, 6.07) is 11.5. The Labute approximate surface area is 152 Å². The number of benzene rings is 1. The normalized spacial score (nSPS) is 23.7. The van der Waals surface area contributed by atoms with Crippen molar-refractivity contribution in [3.63, 3.8) is 0 Å². The van der Waals surface area contributed by atoms with E-state index in [1.165, 1.54) is 19.5 Å². The van der Waals surface area contributed by atoms with E-state index in [9.17, 15) is 9.59 Å². The number of nitrogens with one attached hydrogen (secondary N) is 2. The molecule has 2 aliphatic rings. The van der Waals surface area contributed by atoms with Gasteiger partial charge in [0.15, 0.2) is 5.78 Å². The summed E-state index contributed by atoms with van der Waals surface area (Å²) >= 11 is 0. The summed E-state index contributed by atoms with van der Waals surface area (Å²) in [6.07, 6.45) is 4.90. The van der Waals surface area contributed by atoms with Gasteiger partial charge in [-0.25, -0.2) is 0 Å². The van der Waals surface area contributed by atoms with E-state index in [0.29, 0.717) is 34.8 Å². The summed E-state index contributed by atoms with van der Waals surface area (Å²) < 4.78 is 5.74. The number of fused-ring (bicyclic) bond motifs is 2. The van der Waals surface area contributed by atoms with Gasteiger partial charge in [-0.1, -0.05) is 0 Å². The van der Waals surface area contributed by atoms with Gasteiger partial charge in [0.25, 0.3) is 5.91 Å². The number of rotatable bonds is 5. The van der Waals surface area contributed by atoms with E-state index in [1.807, 2.05) is 0 Å². The van der Waals surface area contributed by atoms with E-state index in [-0.39, 0.29) is 17.7 Å². The predicted molar refractivity (Wildman–Crippen MR) is 96.6 cm³/mol. The lowest BCUT2D eigenvalue weighted by Gasteiger charge is -2.21. The van der Waals surface area contributed by atoms with Crippen LogP contribution >= 0.6 is 0 Å². The van der Waals surface area contributed by atoms with E-state index in [4.69, 9.17) is 4.74 Å². The lowest BCUT2D eigenvalue weighted by atomic mass is 9.95. The average molecular weight is 351 g/mol. The number of amides is 1. The van der Waals surface area contributed by atoms with Crippen molar-refractivity contribution in [2.75, 3.05) is 0 Å². The molecule has 3 atom stereocenters. The maximum Gasteiger partial charge on any atom is 0.251 e. The third-order valence-corrected chi connectivity index (χ3v) is 5.06. The molecule has 6 nitrogen and oxygen atoms in total. The molecule has 0 radical (unpaired) electrons. The topological polar surface area (TPSA) is 80.3 Å². The van der Waals surface area contributed by atoms with Crippen LogP contribution in [-0.4, -0.2) is 34.8 Å². The predicted octanol–water partition coefficient (Wildman–Crippen LogP) is 2.70. The molecular formula is C20H21N3O3. The van der Waals surface area contributed by atoms with Crippen molar-refractivity contribution in [3.05, 3.63) is 53.9 Å². The van der Waals surface area contributed by atoms with Crippen LogP contribution in [0.3, 0.4) is 0 Å². The Hall–Kier alpha value is -2.73. The quantitative estimate of drug-likeness (QED) is 0.810. The van der Waals surface area contributed by atoms with Gasteiger partial charge >= 0.3 is 0 Å². The number of carbonyl (C=O) groups excluding carboxylic acids is 2. The molecule has 1 amide bonds. The highest BCUT2D eigenvalue weighted by Crippen LogP contribution is 2.28. The molecule has 2 saturated heterocycles. The number of ketones is 1. The zero-order chi connectivity index (χ0) is 18.1. The van der Waals surface area contributed by atoms with Crippen LogP contribution in [0.5, 0.6) is 11.5 Å². The minimum atomic E-state index is -0.113. The monoisotopic (exact) mass is 351 g/mol. The molecule has 1 aromatic carbocycles. The number of pyridine rings is 1. The second-order valence-corrected chi connectivity index (χ2v) is 6.92. The summed E-state index contributed by atoms with van der Waals surface area (Å²) in [5.41, 5.74) is 0.970. The molecule has 0 saturated carbocycles. The second kappa shape index (κ2) is 6.88. The van der Waals surface area contributed by atoms with Crippen molar-refractivity contribution in [2.45, 2.75) is 44.3 Å². The zero-order valence-electron chi connectivity index (χ0n) is 14.6. The number of ether oxygens (including phenoxy) is 1. The molecule has 2 N–H and O–H groups in total. The number of hydrogen-bond donors (Lipinski definition) is 2. The third kappa shape index (κ3) is 3.46. The molecule has 6 heteroatoms. The molecule has 2 aliphatic heterocycles. The number of carbonyl (C=O) groups is 2. The van der Waals surface area contributed by atoms with Crippen LogP contribution in [0.1, 0.15) is 47.0 Å². The van der Waals surface area contributed by atoms with Crippen molar-refractivity contribution < 1.29 is 14.3 Å². The summed E-state index contributed by atoms with van der Waals surface area (Å²) in [7, 11) is 0. The second-order valence-electron chi connectivity index (χ2n) is 6.92. The largest absolute Gasteiger partial charge is 0.457 e. The Morgan fingerprint density at radius 1 is 1.15 bits per heavy atom. The first-order chi connectivity index (χ1) is 12.6. The van der Waals surface area contributed by atoms with Crippen molar-refractivity contribution in [1.29, 1.82) is 0 Å². The maximum atomic E-state index is 12.4. The Morgan fingerprint density at radius 3 is 2.62 bits per heavy atom. The highest BCUT2D eigenvalue weighted by atomic mass is 16.5. The van der Waals surface area contributed by atoms with Crippen LogP contribution in [0.4, 0.5) is 0 Å². The fourth-order valence-corrected chi connectivity index (χ4v) is 3.71. The minimum absolute atomic E-state index is 0.0568. The summed E-state index contributed by atoms with van der Waals surface area (Å²) in [4.78, 5) is 27.8. The maximum absolute atomic E-state index is 12.4. The van der Waals surface area contributed by atoms with Crippen molar-refractivity contribution >= 4 is 11.7 Å². The van der Waals surface area contributed by atoms with Crippen LogP contribution in [-0.2, 0) is 0 Å². The molecule has 4 rings (SSSR count). The highest BCUT2D eigenvalue weighted by molar-refractivity contribution is 5.94. The van der Waals surface area contributed by atoms with Crippen molar-refractivity contribution in [3.8, 4) is 11.5 Å². The Morgan fingerprint density at radius 2 is 1.96 bits per heavy atom. The van der Waals surface area contributed by atoms with Crippen LogP contribution < -0.4 is 15.4 Å². The molecule has 134 valence electrons. The number of nitrogens with zero attached hydrogens (tertiary/aromatic N) is 1. The number of aromatic nitrogens is 1. The summed E-state index contributed by atoms with van der Waals surface area (Å²) in [5.74, 6) is 0.968. The van der Waals surface area contributed by atoms with E-state index < -0.39 is 0 Å². The van der Waals surface area contributed by atoms with Crippen LogP contribution in [0.15, 0.2) is 42.6 Å². The van der Waals surface area contributed by atoms with Gasteiger partial charge in [0.2, 0.25) is 0 Å². The van der Waals surface area contributed by atoms with Gasteiger partial charge in [-0.2, -0.15) is 0 Å². The van der Waals surface area contributed by atoms with Crippen LogP contribution in [0, 0.1) is 0 Å². The van der Waals surface area contributed by atoms with E-state index >= 15 is 0 Å². The summed E-state index contributed by atoms with van der Waals surface area (Å²) in [6.45, 7) is 1.46. The van der Waals surface area contributed by atoms with Crippen molar-refractivity contribution in [2.24, 2.45) is 0 Å². The van der Waals surface area contributed by atoms with Crippen molar-refractivity contribution in [1.82, 2.24) is 15.6 Å². The van der Waals surface area contributed by atoms with Gasteiger partial charge in [0.05, 0.1) is 0 Å². The van der Waals surface area contributed by atoms with E-state index in [2.05, 4.69) is 15.6 Å². The fraction of sp³-hybridized carbons (Fsp3) is 0.350. The Bertz CT molecular complexity index is 834. The van der Waals surface area contributed by atoms with Gasteiger partial charge in [-0.15, -0.1) is 0 Å². The van der Waals surface area contributed by atoms with E-state index in [0.717, 1.165) is 12.8 Å². The number of hydrogen-bond acceptors (Lipinski definition) is 5. The standard InChI is InChI=1S/C20H21N3O3/c1-12(24)18-11-16(8-9-21-18)26-15-5-2-13(3-6-15)20(25)23-19-10-14-4-7-17(19)22-14/h2-3,5-6,8-9,11,14,17,19,22H,4,7,10H2,1H3,(H,23,25). The molecule has 26 heavy (non-hydrogen) atoms. The smallest absolute Gasteiger partial charge is 0.251 e. The average Bonchev–Trinajstić information content (AvgIpc) is 3.25. The minimum Gasteiger partial charge on any atom is -0.457 e. The molecule has 3 heterocycles. The first kappa shape index (κ1) is 16.7.